The van der Waals surface area contributed by atoms with Crippen molar-refractivity contribution in [2.45, 2.75) is 6.54 Å². The Morgan fingerprint density at radius 1 is 1.30 bits per heavy atom. The Bertz CT molecular complexity index is 1180. The molecular formula is C20H19FIN3O5. The molecule has 2 aromatic heterocycles. The van der Waals surface area contributed by atoms with E-state index in [1.165, 1.54) is 19.2 Å². The van der Waals surface area contributed by atoms with Crippen LogP contribution in [-0.2, 0) is 18.3 Å². The lowest BCUT2D eigenvalue weighted by Crippen LogP contribution is -2.35. The first-order valence-corrected chi connectivity index (χ1v) is 10.3. The quantitative estimate of drug-likeness (QED) is 0.493. The van der Waals surface area contributed by atoms with Gasteiger partial charge < -0.3 is 19.6 Å². The summed E-state index contributed by atoms with van der Waals surface area (Å²) in [4.78, 5) is 27.1. The number of carboxylic acids is 1. The van der Waals surface area contributed by atoms with Gasteiger partial charge in [-0.15, -0.1) is 0 Å². The van der Waals surface area contributed by atoms with E-state index < -0.39 is 17.3 Å². The fourth-order valence-corrected chi connectivity index (χ4v) is 3.92. The predicted molar refractivity (Wildman–Crippen MR) is 117 cm³/mol. The lowest BCUT2D eigenvalue weighted by Gasteiger charge is -2.25. The average Bonchev–Trinajstić information content (AvgIpc) is 3.11. The molecule has 0 amide bonds. The molecule has 1 aliphatic heterocycles. The SMILES string of the molecule is Cn1c(Nc2ccc(I)cc2F)c(C(=O)O)c2oc(CN3CCOCC3)cc2c1=O. The first-order valence-electron chi connectivity index (χ1n) is 9.26. The number of hydrogen-bond acceptors (Lipinski definition) is 6. The number of fused-ring (bicyclic) bond motifs is 1. The summed E-state index contributed by atoms with van der Waals surface area (Å²) < 4.78 is 27.3. The van der Waals surface area contributed by atoms with Crippen LogP contribution in [0.2, 0.25) is 0 Å². The molecule has 30 heavy (non-hydrogen) atoms. The van der Waals surface area contributed by atoms with E-state index in [0.717, 1.165) is 17.7 Å². The van der Waals surface area contributed by atoms with Crippen LogP contribution in [0.5, 0.6) is 0 Å². The highest BCUT2D eigenvalue weighted by Crippen LogP contribution is 2.30. The predicted octanol–water partition coefficient (Wildman–Crippen LogP) is 3.15. The fraction of sp³-hybridized carbons (Fsp3) is 0.300. The molecule has 2 N–H and O–H groups in total. The van der Waals surface area contributed by atoms with Crippen LogP contribution < -0.4 is 10.9 Å². The second-order valence-corrected chi connectivity index (χ2v) is 8.23. The highest BCUT2D eigenvalue weighted by Gasteiger charge is 2.25. The second kappa shape index (κ2) is 8.36. The number of carbonyl (C=O) groups is 1. The number of rotatable bonds is 5. The van der Waals surface area contributed by atoms with E-state index in [1.54, 1.807) is 12.1 Å². The summed E-state index contributed by atoms with van der Waals surface area (Å²) in [6.45, 7) is 3.10. The minimum atomic E-state index is -1.28. The van der Waals surface area contributed by atoms with Crippen LogP contribution in [0.15, 0.2) is 33.5 Å². The third kappa shape index (κ3) is 3.94. The number of furan rings is 1. The van der Waals surface area contributed by atoms with E-state index in [2.05, 4.69) is 10.2 Å². The number of ether oxygens (including phenoxy) is 1. The summed E-state index contributed by atoms with van der Waals surface area (Å²) in [5.74, 6) is -1.40. The normalized spacial score (nSPS) is 14.9. The smallest absolute Gasteiger partial charge is 0.343 e. The molecule has 10 heteroatoms. The topological polar surface area (TPSA) is 96.9 Å². The van der Waals surface area contributed by atoms with Crippen LogP contribution in [-0.4, -0.2) is 46.8 Å². The van der Waals surface area contributed by atoms with E-state index in [0.29, 0.717) is 29.1 Å². The van der Waals surface area contributed by atoms with Crippen LogP contribution in [0.1, 0.15) is 16.1 Å². The number of anilines is 2. The summed E-state index contributed by atoms with van der Waals surface area (Å²) >= 11 is 1.98. The molecule has 0 unspecified atom stereocenters. The van der Waals surface area contributed by atoms with Crippen molar-refractivity contribution >= 4 is 51.0 Å². The van der Waals surface area contributed by atoms with Crippen molar-refractivity contribution in [3.05, 3.63) is 55.3 Å². The van der Waals surface area contributed by atoms with Crippen LogP contribution in [0.3, 0.4) is 0 Å². The van der Waals surface area contributed by atoms with Crippen molar-refractivity contribution in [1.82, 2.24) is 9.47 Å². The van der Waals surface area contributed by atoms with Crippen molar-refractivity contribution in [3.63, 3.8) is 0 Å². The van der Waals surface area contributed by atoms with Crippen LogP contribution in [0.25, 0.3) is 11.0 Å². The Morgan fingerprint density at radius 2 is 2.03 bits per heavy atom. The number of carboxylic acid groups (broad SMARTS) is 1. The van der Waals surface area contributed by atoms with Gasteiger partial charge in [0.25, 0.3) is 5.56 Å². The molecule has 1 fully saturated rings. The zero-order valence-corrected chi connectivity index (χ0v) is 18.2. The lowest BCUT2D eigenvalue weighted by molar-refractivity contribution is 0.0315. The van der Waals surface area contributed by atoms with Gasteiger partial charge in [-0.1, -0.05) is 0 Å². The van der Waals surface area contributed by atoms with Gasteiger partial charge in [0.2, 0.25) is 0 Å². The van der Waals surface area contributed by atoms with Crippen molar-refractivity contribution < 1.29 is 23.4 Å². The van der Waals surface area contributed by atoms with Crippen molar-refractivity contribution in [2.24, 2.45) is 7.05 Å². The summed E-state index contributed by atoms with van der Waals surface area (Å²) in [7, 11) is 1.44. The minimum absolute atomic E-state index is 0.0257. The van der Waals surface area contributed by atoms with Crippen molar-refractivity contribution in [3.8, 4) is 0 Å². The molecule has 0 saturated carbocycles. The monoisotopic (exact) mass is 527 g/mol. The van der Waals surface area contributed by atoms with Gasteiger partial charge in [-0.3, -0.25) is 14.3 Å². The van der Waals surface area contributed by atoms with Gasteiger partial charge in [-0.2, -0.15) is 0 Å². The van der Waals surface area contributed by atoms with Crippen LogP contribution in [0.4, 0.5) is 15.9 Å². The minimum Gasteiger partial charge on any atom is -0.477 e. The second-order valence-electron chi connectivity index (χ2n) is 6.99. The Labute approximate surface area is 184 Å². The number of pyridine rings is 1. The highest BCUT2D eigenvalue weighted by molar-refractivity contribution is 14.1. The number of nitrogens with zero attached hydrogens (tertiary/aromatic N) is 2. The number of aromatic nitrogens is 1. The van der Waals surface area contributed by atoms with Gasteiger partial charge >= 0.3 is 5.97 Å². The van der Waals surface area contributed by atoms with Gasteiger partial charge in [0, 0.05) is 23.7 Å². The van der Waals surface area contributed by atoms with Gasteiger partial charge in [-0.25, -0.2) is 9.18 Å². The molecule has 3 heterocycles. The van der Waals surface area contributed by atoms with Crippen molar-refractivity contribution in [1.29, 1.82) is 0 Å². The van der Waals surface area contributed by atoms with Crippen LogP contribution >= 0.6 is 22.6 Å². The van der Waals surface area contributed by atoms with E-state index in [1.807, 2.05) is 22.6 Å². The third-order valence-corrected chi connectivity index (χ3v) is 5.67. The third-order valence-electron chi connectivity index (χ3n) is 5.00. The Hall–Kier alpha value is -2.44. The van der Waals surface area contributed by atoms with E-state index in [4.69, 9.17) is 9.15 Å². The van der Waals surface area contributed by atoms with Crippen LogP contribution in [0, 0.1) is 9.39 Å². The molecule has 3 aromatic rings. The molecular weight excluding hydrogens is 508 g/mol. The Morgan fingerprint density at radius 3 is 2.70 bits per heavy atom. The van der Waals surface area contributed by atoms with Gasteiger partial charge in [0.1, 0.15) is 23.0 Å². The highest BCUT2D eigenvalue weighted by atomic mass is 127. The molecule has 0 bridgehead atoms. The van der Waals surface area contributed by atoms with Crippen molar-refractivity contribution in [2.75, 3.05) is 31.6 Å². The molecule has 158 valence electrons. The zero-order chi connectivity index (χ0) is 21.4. The zero-order valence-electron chi connectivity index (χ0n) is 16.1. The number of halogens is 2. The largest absolute Gasteiger partial charge is 0.477 e. The molecule has 0 spiro atoms. The molecule has 0 radical (unpaired) electrons. The molecule has 0 atom stereocenters. The van der Waals surface area contributed by atoms with Gasteiger partial charge in [0.15, 0.2) is 5.58 Å². The number of aromatic carboxylic acids is 1. The summed E-state index contributed by atoms with van der Waals surface area (Å²) in [6.07, 6.45) is 0. The average molecular weight is 527 g/mol. The standard InChI is InChI=1S/C20H19FIN3O5/c1-24-18(23-15-3-2-11(22)8-14(15)21)16(20(27)28)17-13(19(24)26)9-12(30-17)10-25-4-6-29-7-5-25/h2-3,8-9,23H,4-7,10H2,1H3,(H,27,28). The maximum Gasteiger partial charge on any atom is 0.343 e. The lowest BCUT2D eigenvalue weighted by atomic mass is 10.1. The molecule has 8 nitrogen and oxygen atoms in total. The maximum atomic E-state index is 14.3. The molecule has 0 aliphatic carbocycles. The molecule has 1 aromatic carbocycles. The maximum absolute atomic E-state index is 14.3. The molecule has 1 aliphatic rings. The fourth-order valence-electron chi connectivity index (χ4n) is 3.46. The number of benzene rings is 1. The van der Waals surface area contributed by atoms with E-state index in [-0.39, 0.29) is 28.0 Å². The van der Waals surface area contributed by atoms with Gasteiger partial charge in [0.05, 0.1) is 30.8 Å². The van der Waals surface area contributed by atoms with Gasteiger partial charge in [-0.05, 0) is 46.9 Å². The summed E-state index contributed by atoms with van der Waals surface area (Å²) in [6, 6.07) is 6.06. The molecule has 4 rings (SSSR count). The summed E-state index contributed by atoms with van der Waals surface area (Å²) in [5, 5.41) is 12.8. The molecule has 1 saturated heterocycles. The number of hydrogen-bond donors (Lipinski definition) is 2. The Kier molecular flexibility index (Phi) is 5.80. The first kappa shape index (κ1) is 20.8. The van der Waals surface area contributed by atoms with E-state index in [9.17, 15) is 19.1 Å². The number of nitrogens with one attached hydrogen (secondary N) is 1. The summed E-state index contributed by atoms with van der Waals surface area (Å²) in [5.41, 5.74) is -0.617. The number of morpholine rings is 1. The van der Waals surface area contributed by atoms with E-state index >= 15 is 0 Å². The Balaban J connectivity index is 1.81. The first-order chi connectivity index (χ1) is 14.3.